The molecule has 2 saturated heterocycles. The fourth-order valence-electron chi connectivity index (χ4n) is 4.88. The van der Waals surface area contributed by atoms with Gasteiger partial charge in [-0.15, -0.1) is 0 Å². The Morgan fingerprint density at radius 1 is 1.00 bits per heavy atom. The van der Waals surface area contributed by atoms with Crippen molar-refractivity contribution in [2.75, 3.05) is 24.5 Å². The third kappa shape index (κ3) is 7.33. The van der Waals surface area contributed by atoms with Gasteiger partial charge in [-0.25, -0.2) is 9.97 Å². The number of piperidine rings is 1. The number of rotatable bonds is 7. The molecule has 15 heteroatoms. The molecule has 2 aliphatic rings. The van der Waals surface area contributed by atoms with Crippen molar-refractivity contribution in [2.24, 2.45) is 5.92 Å². The van der Waals surface area contributed by atoms with E-state index in [1.165, 1.54) is 12.3 Å². The molecule has 0 unspecified atom stereocenters. The number of pyridine rings is 1. The van der Waals surface area contributed by atoms with E-state index in [4.69, 9.17) is 0 Å². The number of nitrogens with zero attached hydrogens (tertiary/aromatic N) is 4. The monoisotopic (exact) mass is 622 g/mol. The average molecular weight is 623 g/mol. The van der Waals surface area contributed by atoms with Gasteiger partial charge < -0.3 is 10.2 Å². The van der Waals surface area contributed by atoms with Crippen LogP contribution in [0.2, 0.25) is 0 Å². The Morgan fingerprint density at radius 3 is 2.44 bits per heavy atom. The van der Waals surface area contributed by atoms with Crippen LogP contribution in [-0.4, -0.2) is 45.7 Å². The fourth-order valence-corrected chi connectivity index (χ4v) is 5.55. The summed E-state index contributed by atoms with van der Waals surface area (Å²) in [6.07, 6.45) is -3.94. The highest BCUT2D eigenvalue weighted by atomic mass is 32.2. The normalized spacial score (nSPS) is 17.5. The minimum Gasteiger partial charge on any atom is -0.341 e. The molecular weight excluding hydrogens is 598 g/mol. The van der Waals surface area contributed by atoms with E-state index in [1.807, 2.05) is 4.90 Å². The summed E-state index contributed by atoms with van der Waals surface area (Å²) in [6, 6.07) is 6.37. The zero-order chi connectivity index (χ0) is 30.8. The Balaban J connectivity index is 1.20. The molecule has 2 aromatic heterocycles. The SMILES string of the molecule is O=C1NC(=O)/C(=C\c2ccnc(N3CCC(CNCc4cccnc4-c4ccc(C(F)(F)F)cc4C(F)(F)F)CC3)n2)S1. The summed E-state index contributed by atoms with van der Waals surface area (Å²) in [5.74, 6) is 0.276. The van der Waals surface area contributed by atoms with Crippen molar-refractivity contribution < 1.29 is 35.9 Å². The average Bonchev–Trinajstić information content (AvgIpc) is 3.28. The van der Waals surface area contributed by atoms with E-state index < -0.39 is 40.2 Å². The first kappa shape index (κ1) is 30.5. The number of aromatic nitrogens is 3. The van der Waals surface area contributed by atoms with Crippen LogP contribution in [0, 0.1) is 5.92 Å². The molecule has 5 rings (SSSR count). The number of carbonyl (C=O) groups is 2. The molecule has 0 atom stereocenters. The third-order valence-corrected chi connectivity index (χ3v) is 7.84. The molecule has 0 saturated carbocycles. The molecule has 2 N–H and O–H groups in total. The van der Waals surface area contributed by atoms with Crippen LogP contribution >= 0.6 is 11.8 Å². The number of hydrogen-bond acceptors (Lipinski definition) is 8. The molecule has 0 bridgehead atoms. The van der Waals surface area contributed by atoms with Gasteiger partial charge in [-0.05, 0) is 73.0 Å². The van der Waals surface area contributed by atoms with Gasteiger partial charge in [0.25, 0.3) is 11.1 Å². The predicted octanol–water partition coefficient (Wildman–Crippen LogP) is 5.91. The maximum atomic E-state index is 13.8. The molecule has 0 spiro atoms. The van der Waals surface area contributed by atoms with Crippen molar-refractivity contribution in [1.29, 1.82) is 0 Å². The second-order valence-electron chi connectivity index (χ2n) is 9.96. The summed E-state index contributed by atoms with van der Waals surface area (Å²) >= 11 is 0.804. The first-order chi connectivity index (χ1) is 20.4. The van der Waals surface area contributed by atoms with Crippen molar-refractivity contribution >= 4 is 34.9 Å². The van der Waals surface area contributed by atoms with Crippen molar-refractivity contribution in [2.45, 2.75) is 31.7 Å². The molecule has 4 heterocycles. The molecular formula is C28H24F6N6O2S. The van der Waals surface area contributed by atoms with Gasteiger partial charge in [0.05, 0.1) is 27.4 Å². The van der Waals surface area contributed by atoms with Gasteiger partial charge in [0.2, 0.25) is 5.95 Å². The highest BCUT2D eigenvalue weighted by Crippen LogP contribution is 2.41. The molecule has 2 aliphatic heterocycles. The van der Waals surface area contributed by atoms with Crippen LogP contribution in [0.3, 0.4) is 0 Å². The summed E-state index contributed by atoms with van der Waals surface area (Å²) in [5.41, 5.74) is -2.29. The maximum Gasteiger partial charge on any atom is 0.417 e. The van der Waals surface area contributed by atoms with Gasteiger partial charge in [-0.2, -0.15) is 26.3 Å². The second-order valence-corrected chi connectivity index (χ2v) is 11.0. The zero-order valence-corrected chi connectivity index (χ0v) is 23.1. The molecule has 2 amide bonds. The Bertz CT molecular complexity index is 1550. The number of nitrogens with one attached hydrogen (secondary N) is 2. The highest BCUT2D eigenvalue weighted by molar-refractivity contribution is 8.18. The summed E-state index contributed by atoms with van der Waals surface area (Å²) in [6.45, 7) is 2.04. The van der Waals surface area contributed by atoms with Gasteiger partial charge in [-0.3, -0.25) is 19.9 Å². The van der Waals surface area contributed by atoms with Gasteiger partial charge in [0.1, 0.15) is 0 Å². The number of carbonyl (C=O) groups excluding carboxylic acids is 2. The molecule has 3 aromatic rings. The Labute approximate surface area is 246 Å². The summed E-state index contributed by atoms with van der Waals surface area (Å²) in [7, 11) is 0. The molecule has 226 valence electrons. The van der Waals surface area contributed by atoms with Crippen molar-refractivity contribution in [3.63, 3.8) is 0 Å². The number of imide groups is 1. The number of amides is 2. The molecule has 0 radical (unpaired) electrons. The van der Waals surface area contributed by atoms with Crippen LogP contribution < -0.4 is 15.5 Å². The van der Waals surface area contributed by atoms with Crippen LogP contribution in [0.1, 0.15) is 35.2 Å². The van der Waals surface area contributed by atoms with Crippen molar-refractivity contribution in [3.05, 3.63) is 76.1 Å². The van der Waals surface area contributed by atoms with E-state index in [0.717, 1.165) is 30.7 Å². The van der Waals surface area contributed by atoms with Gasteiger partial charge in [-0.1, -0.05) is 12.1 Å². The number of hydrogen-bond donors (Lipinski definition) is 2. The fraction of sp³-hybridized carbons (Fsp3) is 0.321. The van der Waals surface area contributed by atoms with Gasteiger partial charge in [0.15, 0.2) is 0 Å². The minimum absolute atomic E-state index is 0.0317. The van der Waals surface area contributed by atoms with Gasteiger partial charge >= 0.3 is 12.4 Å². The number of halogens is 6. The quantitative estimate of drug-likeness (QED) is 0.248. The molecule has 8 nitrogen and oxygen atoms in total. The smallest absolute Gasteiger partial charge is 0.341 e. The van der Waals surface area contributed by atoms with Gasteiger partial charge in [0, 0.05) is 37.6 Å². The number of thioether (sulfide) groups is 1. The zero-order valence-electron chi connectivity index (χ0n) is 22.3. The van der Waals surface area contributed by atoms with E-state index in [1.54, 1.807) is 24.4 Å². The van der Waals surface area contributed by atoms with Crippen molar-refractivity contribution in [1.82, 2.24) is 25.6 Å². The Hall–Kier alpha value is -3.98. The van der Waals surface area contributed by atoms with Crippen LogP contribution in [0.25, 0.3) is 17.3 Å². The lowest BCUT2D eigenvalue weighted by Gasteiger charge is -2.32. The van der Waals surface area contributed by atoms with E-state index in [-0.39, 0.29) is 29.1 Å². The summed E-state index contributed by atoms with van der Waals surface area (Å²) in [5, 5.41) is 5.02. The summed E-state index contributed by atoms with van der Waals surface area (Å²) in [4.78, 5) is 38.4. The first-order valence-corrected chi connectivity index (χ1v) is 14.0. The van der Waals surface area contributed by atoms with E-state index in [0.29, 0.717) is 42.9 Å². The highest BCUT2D eigenvalue weighted by Gasteiger charge is 2.39. The first-order valence-electron chi connectivity index (χ1n) is 13.1. The Morgan fingerprint density at radius 2 is 1.77 bits per heavy atom. The molecule has 1 aromatic carbocycles. The standard InChI is InChI=1S/C28H24F6N6O2S/c29-27(30,31)18-3-4-20(21(12-18)28(32,33)34)23-17(2-1-8-36-23)15-35-14-16-6-10-40(11-7-16)25-37-9-5-19(38-25)13-22-24(41)39-26(42)43-22/h1-5,8-9,12-13,16,35H,6-7,10-11,14-15H2,(H,39,41,42)/b22-13+. The Kier molecular flexibility index (Phi) is 8.74. The second kappa shape index (κ2) is 12.3. The molecule has 2 fully saturated rings. The van der Waals surface area contributed by atoms with E-state index >= 15 is 0 Å². The summed E-state index contributed by atoms with van der Waals surface area (Å²) < 4.78 is 80.7. The molecule has 0 aliphatic carbocycles. The van der Waals surface area contributed by atoms with Crippen LogP contribution in [0.4, 0.5) is 37.1 Å². The molecule has 43 heavy (non-hydrogen) atoms. The van der Waals surface area contributed by atoms with Crippen LogP contribution in [-0.2, 0) is 23.7 Å². The lowest BCUT2D eigenvalue weighted by molar-refractivity contribution is -0.142. The van der Waals surface area contributed by atoms with Crippen LogP contribution in [0.15, 0.2) is 53.7 Å². The number of anilines is 1. The van der Waals surface area contributed by atoms with Crippen LogP contribution in [0.5, 0.6) is 0 Å². The largest absolute Gasteiger partial charge is 0.417 e. The third-order valence-electron chi connectivity index (χ3n) is 7.03. The predicted molar refractivity (Wildman–Crippen MR) is 147 cm³/mol. The van der Waals surface area contributed by atoms with E-state index in [2.05, 4.69) is 25.6 Å². The number of alkyl halides is 6. The van der Waals surface area contributed by atoms with E-state index in [9.17, 15) is 35.9 Å². The number of benzene rings is 1. The topological polar surface area (TPSA) is 100 Å². The van der Waals surface area contributed by atoms with Crippen molar-refractivity contribution in [3.8, 4) is 11.3 Å². The maximum absolute atomic E-state index is 13.8. The lowest BCUT2D eigenvalue weighted by atomic mass is 9.96. The minimum atomic E-state index is -5.00. The lowest BCUT2D eigenvalue weighted by Crippen LogP contribution is -2.38.